The molecule has 0 unspecified atom stereocenters. The Bertz CT molecular complexity index is 458. The molecule has 1 N–H and O–H groups in total. The lowest BCUT2D eigenvalue weighted by molar-refractivity contribution is 0.0874. The van der Waals surface area contributed by atoms with Crippen LogP contribution in [-0.2, 0) is 0 Å². The zero-order chi connectivity index (χ0) is 13.1. The summed E-state index contributed by atoms with van der Waals surface area (Å²) in [4.78, 5) is 13.3. The van der Waals surface area contributed by atoms with Crippen LogP contribution in [0, 0.1) is 5.92 Å². The summed E-state index contributed by atoms with van der Waals surface area (Å²) in [5.74, 6) is 1.52. The molecular weight excluding hydrogens is 250 g/mol. The second kappa shape index (κ2) is 5.63. The van der Waals surface area contributed by atoms with Crippen LogP contribution in [0.2, 0.25) is 0 Å². The number of hydrogen-bond donors (Lipinski definition) is 1. The maximum Gasteiger partial charge on any atom is 0.172 e. The first-order valence-corrected chi connectivity index (χ1v) is 6.98. The molecule has 1 aromatic rings. The first-order valence-electron chi connectivity index (χ1n) is 5.76. The van der Waals surface area contributed by atoms with Crippen molar-refractivity contribution in [1.82, 2.24) is 5.32 Å². The topological polar surface area (TPSA) is 47.6 Å². The Balaban J connectivity index is 2.40. The predicted molar refractivity (Wildman–Crippen MR) is 72.0 cm³/mol. The Morgan fingerprint density at radius 2 is 1.94 bits per heavy atom. The average molecular weight is 267 g/mol. The van der Waals surface area contributed by atoms with Crippen molar-refractivity contribution in [2.75, 3.05) is 33.6 Å². The molecule has 5 heteroatoms. The third-order valence-corrected chi connectivity index (χ3v) is 3.88. The summed E-state index contributed by atoms with van der Waals surface area (Å²) in [6, 6.07) is 3.65. The van der Waals surface area contributed by atoms with Crippen LogP contribution >= 0.6 is 11.8 Å². The number of carbonyl (C=O) groups is 1. The van der Waals surface area contributed by atoms with Crippen molar-refractivity contribution in [1.29, 1.82) is 0 Å². The van der Waals surface area contributed by atoms with E-state index in [0.717, 1.165) is 23.7 Å². The van der Waals surface area contributed by atoms with Crippen LogP contribution in [0.4, 0.5) is 0 Å². The molecule has 0 amide bonds. The van der Waals surface area contributed by atoms with Crippen molar-refractivity contribution in [2.24, 2.45) is 5.92 Å². The Morgan fingerprint density at radius 1 is 1.28 bits per heavy atom. The van der Waals surface area contributed by atoms with Crippen molar-refractivity contribution in [3.63, 3.8) is 0 Å². The fraction of sp³-hybridized carbons (Fsp3) is 0.462. The summed E-state index contributed by atoms with van der Waals surface area (Å²) < 4.78 is 10.6. The maximum absolute atomic E-state index is 12.3. The van der Waals surface area contributed by atoms with Crippen LogP contribution in [0.3, 0.4) is 0 Å². The largest absolute Gasteiger partial charge is 0.496 e. The molecule has 1 saturated heterocycles. The van der Waals surface area contributed by atoms with Crippen molar-refractivity contribution < 1.29 is 14.3 Å². The van der Waals surface area contributed by atoms with Gasteiger partial charge in [-0.2, -0.15) is 0 Å². The molecule has 0 aliphatic carbocycles. The van der Waals surface area contributed by atoms with Crippen LogP contribution in [0.5, 0.6) is 11.5 Å². The molecule has 18 heavy (non-hydrogen) atoms. The highest BCUT2D eigenvalue weighted by molar-refractivity contribution is 7.98. The van der Waals surface area contributed by atoms with E-state index < -0.39 is 0 Å². The van der Waals surface area contributed by atoms with E-state index in [0.29, 0.717) is 11.3 Å². The van der Waals surface area contributed by atoms with Gasteiger partial charge < -0.3 is 14.8 Å². The third-order valence-electron chi connectivity index (χ3n) is 3.12. The van der Waals surface area contributed by atoms with Gasteiger partial charge in [-0.3, -0.25) is 4.79 Å². The fourth-order valence-corrected chi connectivity index (χ4v) is 2.48. The first-order chi connectivity index (χ1) is 8.71. The summed E-state index contributed by atoms with van der Waals surface area (Å²) in [7, 11) is 3.20. The van der Waals surface area contributed by atoms with Gasteiger partial charge in [0, 0.05) is 19.0 Å². The third kappa shape index (κ3) is 2.33. The molecule has 1 aliphatic heterocycles. The van der Waals surface area contributed by atoms with Gasteiger partial charge >= 0.3 is 0 Å². The standard InChI is InChI=1S/C13H17NO3S/c1-16-10-5-12(18-3)11(17-2)4-9(10)13(15)8-6-14-7-8/h4-5,8,14H,6-7H2,1-3H3. The van der Waals surface area contributed by atoms with Crippen molar-refractivity contribution in [3.05, 3.63) is 17.7 Å². The van der Waals surface area contributed by atoms with E-state index in [2.05, 4.69) is 5.32 Å². The number of rotatable bonds is 5. The van der Waals surface area contributed by atoms with Crippen LogP contribution < -0.4 is 14.8 Å². The Kier molecular flexibility index (Phi) is 4.14. The number of Topliss-reactive ketones (excluding diaryl/α,β-unsaturated/α-hetero) is 1. The van der Waals surface area contributed by atoms with Crippen LogP contribution in [0.25, 0.3) is 0 Å². The lowest BCUT2D eigenvalue weighted by atomic mass is 9.92. The summed E-state index contributed by atoms with van der Waals surface area (Å²) in [5.41, 5.74) is 0.610. The zero-order valence-electron chi connectivity index (χ0n) is 10.8. The molecule has 1 fully saturated rings. The molecule has 0 saturated carbocycles. The minimum absolute atomic E-state index is 0.0590. The average Bonchev–Trinajstić information content (AvgIpc) is 2.34. The van der Waals surface area contributed by atoms with Gasteiger partial charge in [0.15, 0.2) is 5.78 Å². The molecular formula is C13H17NO3S. The zero-order valence-corrected chi connectivity index (χ0v) is 11.6. The van der Waals surface area contributed by atoms with E-state index in [-0.39, 0.29) is 11.7 Å². The van der Waals surface area contributed by atoms with Gasteiger partial charge in [0.05, 0.1) is 24.7 Å². The van der Waals surface area contributed by atoms with Gasteiger partial charge in [-0.15, -0.1) is 11.8 Å². The van der Waals surface area contributed by atoms with Crippen molar-refractivity contribution >= 4 is 17.5 Å². The van der Waals surface area contributed by atoms with E-state index in [9.17, 15) is 4.79 Å². The maximum atomic E-state index is 12.3. The number of methoxy groups -OCH3 is 2. The smallest absolute Gasteiger partial charge is 0.172 e. The van der Waals surface area contributed by atoms with Gasteiger partial charge in [-0.1, -0.05) is 0 Å². The molecule has 1 aromatic carbocycles. The van der Waals surface area contributed by atoms with Crippen LogP contribution in [-0.4, -0.2) is 39.3 Å². The molecule has 2 rings (SSSR count). The van der Waals surface area contributed by atoms with Gasteiger partial charge in [-0.05, 0) is 18.4 Å². The van der Waals surface area contributed by atoms with E-state index in [4.69, 9.17) is 9.47 Å². The van der Waals surface area contributed by atoms with Gasteiger partial charge in [0.1, 0.15) is 11.5 Å². The van der Waals surface area contributed by atoms with E-state index >= 15 is 0 Å². The second-order valence-electron chi connectivity index (χ2n) is 4.13. The highest BCUT2D eigenvalue weighted by atomic mass is 32.2. The number of nitrogens with one attached hydrogen (secondary N) is 1. The van der Waals surface area contributed by atoms with Crippen LogP contribution in [0.1, 0.15) is 10.4 Å². The Morgan fingerprint density at radius 3 is 2.39 bits per heavy atom. The highest BCUT2D eigenvalue weighted by Gasteiger charge is 2.28. The summed E-state index contributed by atoms with van der Waals surface area (Å²) in [6.07, 6.45) is 1.97. The van der Waals surface area contributed by atoms with Gasteiger partial charge in [0.2, 0.25) is 0 Å². The molecule has 98 valence electrons. The number of ether oxygens (including phenoxy) is 2. The molecule has 0 bridgehead atoms. The summed E-state index contributed by atoms with van der Waals surface area (Å²) >= 11 is 1.57. The lowest BCUT2D eigenvalue weighted by Gasteiger charge is -2.26. The number of hydrogen-bond acceptors (Lipinski definition) is 5. The SMILES string of the molecule is COc1cc(C(=O)C2CNC2)c(OC)cc1SC. The molecule has 4 nitrogen and oxygen atoms in total. The van der Waals surface area contributed by atoms with Crippen LogP contribution in [0.15, 0.2) is 17.0 Å². The molecule has 0 aromatic heterocycles. The van der Waals surface area contributed by atoms with E-state index in [1.807, 2.05) is 12.3 Å². The quantitative estimate of drug-likeness (QED) is 0.651. The highest BCUT2D eigenvalue weighted by Crippen LogP contribution is 2.35. The Hall–Kier alpha value is -1.20. The molecule has 0 radical (unpaired) electrons. The number of carbonyl (C=O) groups excluding carboxylic acids is 1. The molecule has 0 atom stereocenters. The molecule has 0 spiro atoms. The first kappa shape index (κ1) is 13.2. The second-order valence-corrected chi connectivity index (χ2v) is 4.97. The lowest BCUT2D eigenvalue weighted by Crippen LogP contribution is -2.46. The number of ketones is 1. The van der Waals surface area contributed by atoms with Gasteiger partial charge in [0.25, 0.3) is 0 Å². The monoisotopic (exact) mass is 267 g/mol. The minimum Gasteiger partial charge on any atom is -0.496 e. The number of benzene rings is 1. The van der Waals surface area contributed by atoms with E-state index in [1.54, 1.807) is 32.0 Å². The van der Waals surface area contributed by atoms with Gasteiger partial charge in [-0.25, -0.2) is 0 Å². The van der Waals surface area contributed by atoms with Crippen molar-refractivity contribution in [2.45, 2.75) is 4.90 Å². The summed E-state index contributed by atoms with van der Waals surface area (Å²) in [6.45, 7) is 1.49. The van der Waals surface area contributed by atoms with E-state index in [1.165, 1.54) is 0 Å². The number of thioether (sulfide) groups is 1. The predicted octanol–water partition coefficient (Wildman–Crippen LogP) is 1.83. The molecule has 1 heterocycles. The molecule has 1 aliphatic rings. The normalized spacial score (nSPS) is 15.1. The summed E-state index contributed by atoms with van der Waals surface area (Å²) in [5, 5.41) is 3.10. The Labute approximate surface area is 111 Å². The van der Waals surface area contributed by atoms with Crippen molar-refractivity contribution in [3.8, 4) is 11.5 Å². The fourth-order valence-electron chi connectivity index (χ4n) is 1.92. The minimum atomic E-state index is 0.0590.